The summed E-state index contributed by atoms with van der Waals surface area (Å²) in [6.45, 7) is 0. The summed E-state index contributed by atoms with van der Waals surface area (Å²) in [5, 5.41) is 3.50. The fraction of sp³-hybridized carbons (Fsp3) is 0.310. The normalized spacial score (nSPS) is 15.2. The number of ether oxygens (including phenoxy) is 1. The first-order chi connectivity index (χ1) is 18.7. The smallest absolute Gasteiger partial charge is 0.241 e. The summed E-state index contributed by atoms with van der Waals surface area (Å²) in [4.78, 5) is 15.4. The van der Waals surface area contributed by atoms with Gasteiger partial charge in [-0.15, -0.1) is 0 Å². The Morgan fingerprint density at radius 1 is 1.05 bits per heavy atom. The van der Waals surface area contributed by atoms with Gasteiger partial charge in [0.15, 0.2) is 0 Å². The summed E-state index contributed by atoms with van der Waals surface area (Å²) in [5.41, 5.74) is 8.87. The molecule has 3 aromatic rings. The predicted molar refractivity (Wildman–Crippen MR) is 153 cm³/mol. The third-order valence-corrected chi connectivity index (χ3v) is 8.71. The molecule has 1 saturated carbocycles. The Hall–Kier alpha value is -3.89. The van der Waals surface area contributed by atoms with Gasteiger partial charge in [-0.3, -0.25) is 4.79 Å². The van der Waals surface area contributed by atoms with Crippen LogP contribution in [0.2, 0.25) is 0 Å². The van der Waals surface area contributed by atoms with Crippen LogP contribution in [0.1, 0.15) is 36.8 Å². The number of rotatable bonds is 10. The number of amidine groups is 1. The lowest BCUT2D eigenvalue weighted by Gasteiger charge is -2.29. The first kappa shape index (κ1) is 28.1. The number of benzene rings is 3. The van der Waals surface area contributed by atoms with Crippen LogP contribution in [0.5, 0.6) is 5.75 Å². The maximum atomic E-state index is 13.6. The summed E-state index contributed by atoms with van der Waals surface area (Å²) in [5.74, 6) is 5.89. The summed E-state index contributed by atoms with van der Waals surface area (Å²) >= 11 is 0. The standard InChI is InChI=1S/C29H35N5O4S/c1-34(23-7-3-4-8-23)29(35)26(19-20-11-13-22(14-12-20)28(30)32-31)33-39(36,37)24-17-15-21(16-18-24)25-9-5-6-10-27(25)38-2/h5-6,9-18,23,26,33H,3-4,7-8,19,31H2,1-2H3,(H2,30,32)/t26-/m0/s1. The maximum absolute atomic E-state index is 13.6. The minimum absolute atomic E-state index is 0.0738. The van der Waals surface area contributed by atoms with E-state index in [-0.39, 0.29) is 29.1 Å². The quantitative estimate of drug-likeness (QED) is 0.154. The van der Waals surface area contributed by atoms with Gasteiger partial charge in [0.2, 0.25) is 15.9 Å². The molecule has 206 valence electrons. The van der Waals surface area contributed by atoms with Crippen LogP contribution in [0.4, 0.5) is 0 Å². The molecule has 0 spiro atoms. The summed E-state index contributed by atoms with van der Waals surface area (Å²) in [6, 6.07) is 20.3. The largest absolute Gasteiger partial charge is 0.496 e. The average Bonchev–Trinajstić information content (AvgIpc) is 3.51. The van der Waals surface area contributed by atoms with E-state index in [1.807, 2.05) is 24.3 Å². The highest BCUT2D eigenvalue weighted by Gasteiger charge is 2.32. The predicted octanol–water partition coefficient (Wildman–Crippen LogP) is 3.23. The first-order valence-electron chi connectivity index (χ1n) is 12.9. The highest BCUT2D eigenvalue weighted by molar-refractivity contribution is 7.89. The number of nitrogens with zero attached hydrogens (tertiary/aromatic N) is 2. The molecule has 0 heterocycles. The van der Waals surface area contributed by atoms with Gasteiger partial charge in [0, 0.05) is 24.2 Å². The molecule has 1 amide bonds. The number of amides is 1. The van der Waals surface area contributed by atoms with E-state index >= 15 is 0 Å². The molecule has 4 rings (SSSR count). The van der Waals surface area contributed by atoms with Gasteiger partial charge in [0.1, 0.15) is 17.6 Å². The number of nitrogens with one attached hydrogen (secondary N) is 1. The molecule has 1 fully saturated rings. The number of hydrazone groups is 1. The number of nitrogens with two attached hydrogens (primary N) is 2. The Labute approximate surface area is 229 Å². The zero-order chi connectivity index (χ0) is 28.0. The Morgan fingerprint density at radius 3 is 2.31 bits per heavy atom. The molecule has 5 N–H and O–H groups in total. The average molecular weight is 550 g/mol. The van der Waals surface area contributed by atoms with Gasteiger partial charge in [-0.1, -0.05) is 67.4 Å². The highest BCUT2D eigenvalue weighted by atomic mass is 32.2. The van der Waals surface area contributed by atoms with Crippen molar-refractivity contribution in [1.29, 1.82) is 0 Å². The van der Waals surface area contributed by atoms with Crippen molar-refractivity contribution in [1.82, 2.24) is 9.62 Å². The number of likely N-dealkylation sites (N-methyl/N-ethyl adjacent to an activating group) is 1. The lowest BCUT2D eigenvalue weighted by atomic mass is 10.0. The lowest BCUT2D eigenvalue weighted by molar-refractivity contribution is -0.133. The molecule has 0 aliphatic heterocycles. The van der Waals surface area contributed by atoms with E-state index in [0.717, 1.165) is 42.4 Å². The van der Waals surface area contributed by atoms with Crippen molar-refractivity contribution in [2.45, 2.75) is 49.1 Å². The molecule has 3 aromatic carbocycles. The number of methoxy groups -OCH3 is 1. The van der Waals surface area contributed by atoms with Crippen molar-refractivity contribution in [2.24, 2.45) is 16.7 Å². The lowest BCUT2D eigenvalue weighted by Crippen LogP contribution is -2.50. The van der Waals surface area contributed by atoms with Gasteiger partial charge in [0.05, 0.1) is 12.0 Å². The fourth-order valence-electron chi connectivity index (χ4n) is 4.97. The second-order valence-corrected chi connectivity index (χ2v) is 11.4. The first-order valence-corrected chi connectivity index (χ1v) is 14.4. The Balaban J connectivity index is 1.59. The van der Waals surface area contributed by atoms with E-state index < -0.39 is 16.1 Å². The van der Waals surface area contributed by atoms with Crippen molar-refractivity contribution >= 4 is 21.8 Å². The number of carbonyl (C=O) groups excluding carboxylic acids is 1. The monoisotopic (exact) mass is 549 g/mol. The van der Waals surface area contributed by atoms with Gasteiger partial charge in [-0.2, -0.15) is 9.82 Å². The molecule has 1 aliphatic rings. The van der Waals surface area contributed by atoms with E-state index in [1.54, 1.807) is 55.5 Å². The second-order valence-electron chi connectivity index (χ2n) is 9.70. The van der Waals surface area contributed by atoms with Crippen molar-refractivity contribution in [3.05, 3.63) is 83.9 Å². The van der Waals surface area contributed by atoms with E-state index in [2.05, 4.69) is 9.82 Å². The van der Waals surface area contributed by atoms with E-state index in [1.165, 1.54) is 12.1 Å². The molecule has 9 nitrogen and oxygen atoms in total. The van der Waals surface area contributed by atoms with Gasteiger partial charge < -0.3 is 21.2 Å². The summed E-state index contributed by atoms with van der Waals surface area (Å²) in [6.07, 6.45) is 4.12. The van der Waals surface area contributed by atoms with Gasteiger partial charge >= 0.3 is 0 Å². The Bertz CT molecular complexity index is 1420. The molecule has 0 radical (unpaired) electrons. The van der Waals surface area contributed by atoms with Crippen LogP contribution in [-0.4, -0.2) is 51.3 Å². The zero-order valence-corrected chi connectivity index (χ0v) is 23.0. The van der Waals surface area contributed by atoms with Crippen molar-refractivity contribution in [3.63, 3.8) is 0 Å². The van der Waals surface area contributed by atoms with Crippen LogP contribution in [0.25, 0.3) is 11.1 Å². The van der Waals surface area contributed by atoms with E-state index in [0.29, 0.717) is 11.3 Å². The van der Waals surface area contributed by atoms with Crippen molar-refractivity contribution < 1.29 is 17.9 Å². The third-order valence-electron chi connectivity index (χ3n) is 7.23. The fourth-order valence-corrected chi connectivity index (χ4v) is 6.16. The van der Waals surface area contributed by atoms with E-state index in [4.69, 9.17) is 16.3 Å². The summed E-state index contributed by atoms with van der Waals surface area (Å²) in [7, 11) is -0.660. The number of carbonyl (C=O) groups is 1. The summed E-state index contributed by atoms with van der Waals surface area (Å²) < 4.78 is 35.1. The van der Waals surface area contributed by atoms with Crippen molar-refractivity contribution in [3.8, 4) is 16.9 Å². The number of hydrogen-bond acceptors (Lipinski definition) is 6. The molecule has 0 unspecified atom stereocenters. The van der Waals surface area contributed by atoms with Crippen LogP contribution >= 0.6 is 0 Å². The molecule has 0 saturated heterocycles. The second kappa shape index (κ2) is 12.3. The molecular weight excluding hydrogens is 514 g/mol. The molecule has 1 atom stereocenters. The van der Waals surface area contributed by atoms with Gasteiger partial charge in [-0.05, 0) is 48.6 Å². The molecule has 1 aliphatic carbocycles. The number of para-hydroxylation sites is 1. The SMILES string of the molecule is COc1ccccc1-c1ccc(S(=O)(=O)N[C@@H](Cc2ccc(/C(N)=N/N)cc2)C(=O)N(C)C2CCCC2)cc1. The number of hydrogen-bond donors (Lipinski definition) is 3. The van der Waals surface area contributed by atoms with Crippen LogP contribution < -0.4 is 21.0 Å². The topological polar surface area (TPSA) is 140 Å². The Kier molecular flexibility index (Phi) is 8.88. The Morgan fingerprint density at radius 2 is 1.69 bits per heavy atom. The van der Waals surface area contributed by atoms with Gasteiger partial charge in [-0.25, -0.2) is 8.42 Å². The van der Waals surface area contributed by atoms with Crippen LogP contribution in [0.3, 0.4) is 0 Å². The third kappa shape index (κ3) is 6.58. The molecule has 39 heavy (non-hydrogen) atoms. The zero-order valence-electron chi connectivity index (χ0n) is 22.2. The van der Waals surface area contributed by atoms with Gasteiger partial charge in [0.25, 0.3) is 0 Å². The molecule has 10 heteroatoms. The molecule has 0 bridgehead atoms. The van der Waals surface area contributed by atoms with Crippen molar-refractivity contribution in [2.75, 3.05) is 14.2 Å². The van der Waals surface area contributed by atoms with E-state index in [9.17, 15) is 13.2 Å². The maximum Gasteiger partial charge on any atom is 0.241 e. The minimum Gasteiger partial charge on any atom is -0.496 e. The minimum atomic E-state index is -4.01. The molecule has 0 aromatic heterocycles. The number of sulfonamides is 1. The van der Waals surface area contributed by atoms with Crippen LogP contribution in [0.15, 0.2) is 82.8 Å². The highest BCUT2D eigenvalue weighted by Crippen LogP contribution is 2.30. The van der Waals surface area contributed by atoms with Crippen LogP contribution in [-0.2, 0) is 21.2 Å². The van der Waals surface area contributed by atoms with Crippen LogP contribution in [0, 0.1) is 0 Å². The molecular formula is C29H35N5O4S.